The summed E-state index contributed by atoms with van der Waals surface area (Å²) in [5.74, 6) is 2.17. The highest BCUT2D eigenvalue weighted by Gasteiger charge is 2.54. The predicted octanol–water partition coefficient (Wildman–Crippen LogP) is 10.1. The Hall–Kier alpha value is -1.78. The van der Waals surface area contributed by atoms with E-state index in [4.69, 9.17) is 9.47 Å². The number of carbonyl (C=O) groups is 2. The molecular weight excluding hydrogens is 556 g/mol. The lowest BCUT2D eigenvalue weighted by Gasteiger charge is -2.58. The third kappa shape index (κ3) is 6.41. The summed E-state index contributed by atoms with van der Waals surface area (Å²) >= 11 is 0. The third-order valence-corrected chi connectivity index (χ3v) is 14.2. The largest absolute Gasteiger partial charge is 0.356 e. The first kappa shape index (κ1) is 34.6. The van der Waals surface area contributed by atoms with Gasteiger partial charge in [-0.3, -0.25) is 9.59 Å². The molecule has 0 bridgehead atoms. The summed E-state index contributed by atoms with van der Waals surface area (Å²) in [5, 5.41) is 0. The van der Waals surface area contributed by atoms with Crippen LogP contribution < -0.4 is 0 Å². The number of allylic oxidation sites excluding steroid dienone is 3. The maximum Gasteiger partial charge on any atom is 0.162 e. The van der Waals surface area contributed by atoms with Gasteiger partial charge in [0, 0.05) is 19.1 Å². The van der Waals surface area contributed by atoms with Crippen LogP contribution in [0.4, 0.5) is 0 Å². The third-order valence-electron chi connectivity index (χ3n) is 14.2. The lowest BCUT2D eigenvalue weighted by atomic mass is 9.46. The number of hydrogen-bond donors (Lipinski definition) is 0. The number of carbonyl (C=O) groups excluding carboxylic acids is 2. The number of rotatable bonds is 11. The first-order chi connectivity index (χ1) is 21.2. The van der Waals surface area contributed by atoms with Gasteiger partial charge in [-0.25, -0.2) is 0 Å². The van der Waals surface area contributed by atoms with Crippen LogP contribution in [-0.2, 0) is 19.1 Å². The van der Waals surface area contributed by atoms with Crippen molar-refractivity contribution in [2.75, 3.05) is 7.11 Å². The minimum absolute atomic E-state index is 0.221. The van der Waals surface area contributed by atoms with E-state index in [2.05, 4.69) is 60.8 Å². The molecule has 0 aromatic carbocycles. The summed E-state index contributed by atoms with van der Waals surface area (Å²) < 4.78 is 12.1. The summed E-state index contributed by atoms with van der Waals surface area (Å²) in [6.45, 7) is 23.8. The molecule has 45 heavy (non-hydrogen) atoms. The van der Waals surface area contributed by atoms with E-state index in [1.165, 1.54) is 68.1 Å². The molecule has 0 aromatic heterocycles. The Balaban J connectivity index is 1.24. The lowest BCUT2D eigenvalue weighted by molar-refractivity contribution is -0.152. The molecule has 0 amide bonds. The molecule has 0 saturated heterocycles. The van der Waals surface area contributed by atoms with Gasteiger partial charge in [-0.05, 0) is 122 Å². The van der Waals surface area contributed by atoms with E-state index < -0.39 is 6.29 Å². The van der Waals surface area contributed by atoms with Crippen LogP contribution in [0.3, 0.4) is 0 Å². The fourth-order valence-corrected chi connectivity index (χ4v) is 11.6. The van der Waals surface area contributed by atoms with Gasteiger partial charge in [-0.15, -0.1) is 0 Å². The molecule has 4 saturated carbocycles. The van der Waals surface area contributed by atoms with Gasteiger partial charge in [0.1, 0.15) is 12.6 Å². The number of methoxy groups -OCH3 is 1. The van der Waals surface area contributed by atoms with Crippen molar-refractivity contribution in [3.8, 4) is 0 Å². The van der Waals surface area contributed by atoms with Crippen molar-refractivity contribution in [2.24, 2.45) is 45.3 Å². The Kier molecular flexibility index (Phi) is 10.00. The Bertz CT molecular complexity index is 1230. The molecule has 5 aliphatic carbocycles. The van der Waals surface area contributed by atoms with E-state index in [9.17, 15) is 9.59 Å². The highest BCUT2D eigenvalue weighted by molar-refractivity contribution is 5.79. The smallest absolute Gasteiger partial charge is 0.162 e. The number of aldehydes is 2. The van der Waals surface area contributed by atoms with E-state index in [0.717, 1.165) is 50.2 Å². The molecule has 0 unspecified atom stereocenters. The minimum Gasteiger partial charge on any atom is -0.356 e. The molecule has 5 aliphatic rings. The maximum absolute atomic E-state index is 12.4. The Morgan fingerprint density at radius 2 is 1.42 bits per heavy atom. The van der Waals surface area contributed by atoms with Gasteiger partial charge >= 0.3 is 0 Å². The van der Waals surface area contributed by atoms with Gasteiger partial charge < -0.3 is 9.47 Å². The second kappa shape index (κ2) is 13.0. The van der Waals surface area contributed by atoms with Gasteiger partial charge in [0.2, 0.25) is 0 Å². The van der Waals surface area contributed by atoms with Crippen LogP contribution in [0.15, 0.2) is 47.1 Å². The summed E-state index contributed by atoms with van der Waals surface area (Å²) in [6.07, 6.45) is 18.4. The lowest BCUT2D eigenvalue weighted by Crippen LogP contribution is -2.50. The summed E-state index contributed by atoms with van der Waals surface area (Å²) in [7, 11) is 1.63. The molecule has 0 aliphatic heterocycles. The molecular formula is C41H62O4. The van der Waals surface area contributed by atoms with Crippen molar-refractivity contribution in [3.05, 3.63) is 47.1 Å². The van der Waals surface area contributed by atoms with Crippen molar-refractivity contribution in [3.63, 3.8) is 0 Å². The minimum atomic E-state index is -0.569. The average molecular weight is 619 g/mol. The van der Waals surface area contributed by atoms with Crippen LogP contribution in [0, 0.1) is 45.3 Å². The fraction of sp³-hybridized carbons (Fsp3) is 0.756. The summed E-state index contributed by atoms with van der Waals surface area (Å²) in [6, 6.07) is 0. The predicted molar refractivity (Wildman–Crippen MR) is 184 cm³/mol. The Morgan fingerprint density at radius 1 is 0.867 bits per heavy atom. The van der Waals surface area contributed by atoms with Crippen LogP contribution >= 0.6 is 0 Å². The normalized spacial score (nSPS) is 38.6. The van der Waals surface area contributed by atoms with Crippen LogP contribution in [0.5, 0.6) is 0 Å². The first-order valence-electron chi connectivity index (χ1n) is 18.0. The first-order valence-corrected chi connectivity index (χ1v) is 18.0. The number of fused-ring (bicyclic) bond motifs is 2. The standard InChI is InChI=1S/C41H62O4/c1-27-12-16-35-38(3,4)18-10-20-40(35,7)32(27)15-14-29(25-42)22-37(44-9)45-34-24-30(31(34)26-43)23-33-28(2)13-17-36-39(5,6)19-11-21-41(33,36)8/h14,25-26,32-37H,1-2,10-13,15-24H2,3-9H3/b29-14+/t32-,33+,34-,35-,36-,37-,40+,41+/m0/s1. The quantitative estimate of drug-likeness (QED) is 0.100. The summed E-state index contributed by atoms with van der Waals surface area (Å²) in [4.78, 5) is 24.7. The molecule has 0 heterocycles. The highest BCUT2D eigenvalue weighted by atomic mass is 16.7. The van der Waals surface area contributed by atoms with Gasteiger partial charge in [-0.1, -0.05) is 90.3 Å². The molecule has 250 valence electrons. The Labute approximate surface area is 274 Å². The van der Waals surface area contributed by atoms with Crippen LogP contribution in [0.2, 0.25) is 0 Å². The zero-order chi connectivity index (χ0) is 32.8. The van der Waals surface area contributed by atoms with Crippen molar-refractivity contribution >= 4 is 12.6 Å². The van der Waals surface area contributed by atoms with Crippen molar-refractivity contribution in [2.45, 2.75) is 144 Å². The van der Waals surface area contributed by atoms with E-state index in [0.29, 0.717) is 46.5 Å². The Morgan fingerprint density at radius 3 is 1.96 bits per heavy atom. The van der Waals surface area contributed by atoms with Crippen LogP contribution in [0.25, 0.3) is 0 Å². The average Bonchev–Trinajstić information content (AvgIpc) is 2.95. The van der Waals surface area contributed by atoms with E-state index in [-0.39, 0.29) is 16.9 Å². The van der Waals surface area contributed by atoms with Gasteiger partial charge in [0.25, 0.3) is 0 Å². The zero-order valence-corrected chi connectivity index (χ0v) is 29.6. The van der Waals surface area contributed by atoms with E-state index >= 15 is 0 Å². The van der Waals surface area contributed by atoms with Crippen molar-refractivity contribution < 1.29 is 19.1 Å². The van der Waals surface area contributed by atoms with Crippen LogP contribution in [0.1, 0.15) is 131 Å². The monoisotopic (exact) mass is 618 g/mol. The van der Waals surface area contributed by atoms with Crippen molar-refractivity contribution in [1.29, 1.82) is 0 Å². The molecule has 4 fully saturated rings. The van der Waals surface area contributed by atoms with Gasteiger partial charge in [-0.2, -0.15) is 0 Å². The number of ether oxygens (including phenoxy) is 2. The summed E-state index contributed by atoms with van der Waals surface area (Å²) in [5.41, 5.74) is 6.57. The van der Waals surface area contributed by atoms with Crippen LogP contribution in [-0.4, -0.2) is 32.1 Å². The molecule has 5 rings (SSSR count). The second-order valence-corrected chi connectivity index (χ2v) is 17.5. The molecule has 0 spiro atoms. The molecule has 0 aromatic rings. The molecule has 0 N–H and O–H groups in total. The SMILES string of the molecule is C=C1CC[C@H]2C(C)(C)CCC[C@]2(C)[C@@H]1CC1=C(C=O)[C@@H](O[C@@H](C/C(C=O)=C\C[C@H]2C(=C)CC[C@H]3C(C)(C)CCC[C@]23C)OC)C1. The molecule has 8 atom stereocenters. The molecule has 4 nitrogen and oxygen atoms in total. The number of hydrogen-bond acceptors (Lipinski definition) is 4. The van der Waals surface area contributed by atoms with Gasteiger partial charge in [0.15, 0.2) is 6.29 Å². The molecule has 0 radical (unpaired) electrons. The second-order valence-electron chi connectivity index (χ2n) is 17.5. The fourth-order valence-electron chi connectivity index (χ4n) is 11.6. The topological polar surface area (TPSA) is 52.6 Å². The maximum atomic E-state index is 12.4. The van der Waals surface area contributed by atoms with E-state index in [1.807, 2.05) is 0 Å². The van der Waals surface area contributed by atoms with E-state index in [1.54, 1.807) is 7.11 Å². The van der Waals surface area contributed by atoms with Gasteiger partial charge in [0.05, 0.1) is 6.10 Å². The zero-order valence-electron chi connectivity index (χ0n) is 29.6. The van der Waals surface area contributed by atoms with Crippen molar-refractivity contribution in [1.82, 2.24) is 0 Å². The highest BCUT2D eigenvalue weighted by Crippen LogP contribution is 2.63. The molecule has 4 heteroatoms.